The van der Waals surface area contributed by atoms with Crippen LogP contribution in [0, 0.1) is 11.8 Å². The van der Waals surface area contributed by atoms with Crippen LogP contribution >= 0.6 is 0 Å². The molecule has 2 fully saturated rings. The molecular formula is C16H28N6O. The van der Waals surface area contributed by atoms with Gasteiger partial charge in [0, 0.05) is 0 Å². The van der Waals surface area contributed by atoms with E-state index >= 15 is 0 Å². The lowest BCUT2D eigenvalue weighted by molar-refractivity contribution is -0.124. The molecule has 1 saturated heterocycles. The molecule has 1 aliphatic heterocycles. The molecular weight excluding hydrogens is 292 g/mol. The van der Waals surface area contributed by atoms with E-state index in [1.807, 2.05) is 6.92 Å². The maximum absolute atomic E-state index is 12.6. The summed E-state index contributed by atoms with van der Waals surface area (Å²) in [4.78, 5) is 14.9. The number of carbonyl (C=O) groups is 1. The third-order valence-electron chi connectivity index (χ3n) is 5.49. The second-order valence-electron chi connectivity index (χ2n) is 7.24. The molecule has 0 aromatic carbocycles. The van der Waals surface area contributed by atoms with Crippen LogP contribution in [0.15, 0.2) is 0 Å². The summed E-state index contributed by atoms with van der Waals surface area (Å²) in [5.74, 6) is 1.89. The second kappa shape index (κ2) is 6.95. The third-order valence-corrected chi connectivity index (χ3v) is 5.49. The smallest absolute Gasteiger partial charge is 0.234 e. The molecule has 1 saturated carbocycles. The van der Waals surface area contributed by atoms with Gasteiger partial charge in [0.05, 0.1) is 6.54 Å². The van der Waals surface area contributed by atoms with Gasteiger partial charge in [-0.05, 0) is 64.0 Å². The summed E-state index contributed by atoms with van der Waals surface area (Å²) in [5, 5.41) is 17.6. The van der Waals surface area contributed by atoms with Crippen LogP contribution in [0.1, 0.15) is 58.2 Å². The number of hydrogen-bond donors (Lipinski definition) is 2. The first-order valence-corrected chi connectivity index (χ1v) is 8.89. The highest BCUT2D eigenvalue weighted by atomic mass is 16.2. The van der Waals surface area contributed by atoms with Crippen LogP contribution in [0.25, 0.3) is 0 Å². The fourth-order valence-electron chi connectivity index (χ4n) is 3.71. The maximum atomic E-state index is 12.6. The molecule has 128 valence electrons. The number of tetrazole rings is 1. The van der Waals surface area contributed by atoms with Gasteiger partial charge in [0.15, 0.2) is 5.82 Å². The van der Waals surface area contributed by atoms with Crippen LogP contribution in [-0.2, 0) is 10.3 Å². The molecule has 1 aliphatic carbocycles. The van der Waals surface area contributed by atoms with Gasteiger partial charge in [-0.3, -0.25) is 9.69 Å². The number of likely N-dealkylation sites (tertiary alicyclic amines) is 1. The molecule has 2 unspecified atom stereocenters. The zero-order chi connectivity index (χ0) is 16.3. The average Bonchev–Trinajstić information content (AvgIpc) is 3.29. The molecule has 1 amide bonds. The molecule has 1 aromatic heterocycles. The molecule has 7 heteroatoms. The number of rotatable bonds is 6. The molecule has 0 bridgehead atoms. The Morgan fingerprint density at radius 3 is 2.83 bits per heavy atom. The van der Waals surface area contributed by atoms with Crippen LogP contribution in [0.4, 0.5) is 0 Å². The van der Waals surface area contributed by atoms with Gasteiger partial charge in [0.2, 0.25) is 5.91 Å². The van der Waals surface area contributed by atoms with Crippen molar-refractivity contribution in [1.29, 1.82) is 0 Å². The SMILES string of the molecule is CCC1CCCN(CC(=O)NC(C)(c2nn[nH]n2)C2CC2)CC1. The van der Waals surface area contributed by atoms with E-state index in [-0.39, 0.29) is 5.91 Å². The van der Waals surface area contributed by atoms with E-state index in [0.717, 1.165) is 31.8 Å². The normalized spacial score (nSPS) is 25.6. The van der Waals surface area contributed by atoms with E-state index in [9.17, 15) is 4.79 Å². The Morgan fingerprint density at radius 2 is 2.17 bits per heavy atom. The van der Waals surface area contributed by atoms with Crippen LogP contribution in [0.2, 0.25) is 0 Å². The molecule has 1 aromatic rings. The highest BCUT2D eigenvalue weighted by Gasteiger charge is 2.47. The van der Waals surface area contributed by atoms with Gasteiger partial charge in [-0.1, -0.05) is 18.6 Å². The fourth-order valence-corrected chi connectivity index (χ4v) is 3.71. The van der Waals surface area contributed by atoms with E-state index < -0.39 is 5.54 Å². The van der Waals surface area contributed by atoms with Gasteiger partial charge in [-0.2, -0.15) is 5.21 Å². The minimum Gasteiger partial charge on any atom is -0.342 e. The zero-order valence-corrected chi connectivity index (χ0v) is 14.2. The van der Waals surface area contributed by atoms with Crippen molar-refractivity contribution in [3.05, 3.63) is 5.82 Å². The van der Waals surface area contributed by atoms with Crippen molar-refractivity contribution in [2.75, 3.05) is 19.6 Å². The number of hydrogen-bond acceptors (Lipinski definition) is 5. The lowest BCUT2D eigenvalue weighted by Crippen LogP contribution is -2.49. The molecule has 0 spiro atoms. The molecule has 3 rings (SSSR count). The van der Waals surface area contributed by atoms with Crippen molar-refractivity contribution in [2.45, 2.75) is 57.9 Å². The Labute approximate surface area is 137 Å². The zero-order valence-electron chi connectivity index (χ0n) is 14.2. The summed E-state index contributed by atoms with van der Waals surface area (Å²) in [5.41, 5.74) is -0.498. The van der Waals surface area contributed by atoms with E-state index in [1.165, 1.54) is 25.7 Å². The molecule has 7 nitrogen and oxygen atoms in total. The van der Waals surface area contributed by atoms with Crippen molar-refractivity contribution in [3.63, 3.8) is 0 Å². The number of H-pyrrole nitrogens is 1. The summed E-state index contributed by atoms with van der Waals surface area (Å²) in [6.07, 6.45) is 7.14. The quantitative estimate of drug-likeness (QED) is 0.828. The number of nitrogens with zero attached hydrogens (tertiary/aromatic N) is 4. The van der Waals surface area contributed by atoms with Gasteiger partial charge in [-0.15, -0.1) is 10.2 Å². The van der Waals surface area contributed by atoms with Crippen molar-refractivity contribution < 1.29 is 4.79 Å². The first kappa shape index (κ1) is 16.4. The van der Waals surface area contributed by atoms with Crippen molar-refractivity contribution >= 4 is 5.91 Å². The molecule has 2 N–H and O–H groups in total. The van der Waals surface area contributed by atoms with E-state index in [2.05, 4.69) is 37.8 Å². The summed E-state index contributed by atoms with van der Waals surface area (Å²) in [6.45, 7) is 6.79. The minimum atomic E-state index is -0.498. The van der Waals surface area contributed by atoms with E-state index in [1.54, 1.807) is 0 Å². The topological polar surface area (TPSA) is 86.8 Å². The number of nitrogens with one attached hydrogen (secondary N) is 2. The largest absolute Gasteiger partial charge is 0.342 e. The fraction of sp³-hybridized carbons (Fsp3) is 0.875. The monoisotopic (exact) mass is 320 g/mol. The number of carbonyl (C=O) groups excluding carboxylic acids is 1. The number of aromatic amines is 1. The number of aromatic nitrogens is 4. The van der Waals surface area contributed by atoms with Gasteiger partial charge in [0.1, 0.15) is 5.54 Å². The predicted molar refractivity (Wildman–Crippen MR) is 86.5 cm³/mol. The van der Waals surface area contributed by atoms with Crippen LogP contribution in [0.3, 0.4) is 0 Å². The average molecular weight is 320 g/mol. The van der Waals surface area contributed by atoms with Crippen molar-refractivity contribution in [3.8, 4) is 0 Å². The molecule has 0 radical (unpaired) electrons. The first-order valence-electron chi connectivity index (χ1n) is 8.89. The van der Waals surface area contributed by atoms with Crippen molar-refractivity contribution in [1.82, 2.24) is 30.8 Å². The Balaban J connectivity index is 1.57. The molecule has 23 heavy (non-hydrogen) atoms. The lowest BCUT2D eigenvalue weighted by atomic mass is 9.94. The van der Waals surface area contributed by atoms with E-state index in [4.69, 9.17) is 0 Å². The first-order chi connectivity index (χ1) is 11.1. The maximum Gasteiger partial charge on any atom is 0.234 e. The predicted octanol–water partition coefficient (Wildman–Crippen LogP) is 1.45. The third kappa shape index (κ3) is 3.88. The molecule has 2 heterocycles. The Kier molecular flexibility index (Phi) is 4.94. The van der Waals surface area contributed by atoms with Crippen LogP contribution in [0.5, 0.6) is 0 Å². The Bertz CT molecular complexity index is 515. The van der Waals surface area contributed by atoms with E-state index in [0.29, 0.717) is 18.3 Å². The van der Waals surface area contributed by atoms with Gasteiger partial charge in [-0.25, -0.2) is 0 Å². The summed E-state index contributed by atoms with van der Waals surface area (Å²) in [6, 6.07) is 0. The van der Waals surface area contributed by atoms with Crippen LogP contribution < -0.4 is 5.32 Å². The molecule has 2 atom stereocenters. The Hall–Kier alpha value is -1.50. The van der Waals surface area contributed by atoms with Gasteiger partial charge >= 0.3 is 0 Å². The van der Waals surface area contributed by atoms with Crippen LogP contribution in [-0.4, -0.2) is 51.1 Å². The standard InChI is InChI=1S/C16H28N6O/c1-3-12-5-4-9-22(10-8-12)11-14(23)17-16(2,13-6-7-13)15-18-20-21-19-15/h12-13H,3-11H2,1-2H3,(H,17,23)(H,18,19,20,21). The van der Waals surface area contributed by atoms with Crippen molar-refractivity contribution in [2.24, 2.45) is 11.8 Å². The van der Waals surface area contributed by atoms with Gasteiger partial charge < -0.3 is 5.32 Å². The molecule has 2 aliphatic rings. The second-order valence-corrected chi connectivity index (χ2v) is 7.24. The number of amides is 1. The summed E-state index contributed by atoms with van der Waals surface area (Å²) < 4.78 is 0. The highest BCUT2D eigenvalue weighted by molar-refractivity contribution is 5.79. The highest BCUT2D eigenvalue weighted by Crippen LogP contribution is 2.44. The lowest BCUT2D eigenvalue weighted by Gasteiger charge is -2.29. The minimum absolute atomic E-state index is 0.0687. The summed E-state index contributed by atoms with van der Waals surface area (Å²) in [7, 11) is 0. The Morgan fingerprint density at radius 1 is 1.35 bits per heavy atom. The summed E-state index contributed by atoms with van der Waals surface area (Å²) >= 11 is 0. The van der Waals surface area contributed by atoms with Gasteiger partial charge in [0.25, 0.3) is 0 Å².